The molecular weight excluding hydrogens is 332 g/mol. The molecule has 26 heavy (non-hydrogen) atoms. The van der Waals surface area contributed by atoms with Crippen molar-refractivity contribution >= 4 is 17.6 Å². The van der Waals surface area contributed by atoms with Crippen LogP contribution in [0.2, 0.25) is 0 Å². The second-order valence-corrected chi connectivity index (χ2v) is 6.26. The van der Waals surface area contributed by atoms with E-state index in [0.29, 0.717) is 35.2 Å². The van der Waals surface area contributed by atoms with E-state index in [1.807, 2.05) is 25.1 Å². The number of amides is 1. The van der Waals surface area contributed by atoms with Crippen molar-refractivity contribution in [2.45, 2.75) is 13.3 Å². The van der Waals surface area contributed by atoms with Crippen molar-refractivity contribution in [2.75, 3.05) is 14.2 Å². The molecule has 0 bridgehead atoms. The number of nitrogens with zero attached hydrogens (tertiary/aromatic N) is 2. The van der Waals surface area contributed by atoms with Gasteiger partial charge in [0.25, 0.3) is 5.91 Å². The van der Waals surface area contributed by atoms with Gasteiger partial charge in [-0.25, -0.2) is 0 Å². The van der Waals surface area contributed by atoms with Gasteiger partial charge in [0.05, 0.1) is 14.2 Å². The molecule has 2 aromatic carbocycles. The topological polar surface area (TPSA) is 69.5 Å². The van der Waals surface area contributed by atoms with E-state index in [9.17, 15) is 4.79 Å². The van der Waals surface area contributed by atoms with Crippen LogP contribution in [0, 0.1) is 12.8 Å². The molecule has 2 aliphatic heterocycles. The van der Waals surface area contributed by atoms with Gasteiger partial charge in [-0.05, 0) is 43.2 Å². The van der Waals surface area contributed by atoms with Crippen LogP contribution >= 0.6 is 0 Å². The van der Waals surface area contributed by atoms with E-state index < -0.39 is 5.92 Å². The smallest absolute Gasteiger partial charge is 0.260 e. The first-order valence-corrected chi connectivity index (χ1v) is 8.30. The zero-order valence-electron chi connectivity index (χ0n) is 14.8. The van der Waals surface area contributed by atoms with Crippen LogP contribution in [0.3, 0.4) is 0 Å². The first-order valence-electron chi connectivity index (χ1n) is 8.30. The molecule has 0 saturated carbocycles. The fourth-order valence-corrected chi connectivity index (χ4v) is 3.17. The van der Waals surface area contributed by atoms with Gasteiger partial charge in [-0.15, -0.1) is 0 Å². The number of amidine groups is 1. The Hall–Kier alpha value is -3.15. The van der Waals surface area contributed by atoms with Crippen molar-refractivity contribution in [3.63, 3.8) is 0 Å². The number of rotatable bonds is 3. The summed E-state index contributed by atoms with van der Waals surface area (Å²) in [5.74, 6) is 1.89. The summed E-state index contributed by atoms with van der Waals surface area (Å²) in [6.45, 7) is 2.01. The Labute approximate surface area is 151 Å². The molecule has 0 spiro atoms. The quantitative estimate of drug-likeness (QED) is 0.853. The molecule has 6 nitrogen and oxygen atoms in total. The lowest BCUT2D eigenvalue weighted by molar-refractivity contribution is -0.120. The van der Waals surface area contributed by atoms with Crippen molar-refractivity contribution in [3.8, 4) is 17.2 Å². The van der Waals surface area contributed by atoms with Gasteiger partial charge in [0, 0.05) is 5.56 Å². The number of carbonyl (C=O) groups is 1. The predicted molar refractivity (Wildman–Crippen MR) is 97.5 cm³/mol. The third kappa shape index (κ3) is 2.73. The van der Waals surface area contributed by atoms with Gasteiger partial charge in [0.2, 0.25) is 5.90 Å². The largest absolute Gasteiger partial charge is 0.493 e. The van der Waals surface area contributed by atoms with Crippen molar-refractivity contribution in [2.24, 2.45) is 15.9 Å². The summed E-state index contributed by atoms with van der Waals surface area (Å²) in [5.41, 5.74) is 2.80. The van der Waals surface area contributed by atoms with Crippen LogP contribution in [-0.2, 0) is 11.2 Å². The Morgan fingerprint density at radius 2 is 1.85 bits per heavy atom. The summed E-state index contributed by atoms with van der Waals surface area (Å²) in [6, 6.07) is 11.2. The van der Waals surface area contributed by atoms with Gasteiger partial charge < -0.3 is 14.2 Å². The van der Waals surface area contributed by atoms with E-state index in [1.165, 1.54) is 0 Å². The Morgan fingerprint density at radius 3 is 2.62 bits per heavy atom. The van der Waals surface area contributed by atoms with Crippen LogP contribution in [0.4, 0.5) is 0 Å². The van der Waals surface area contributed by atoms with Gasteiger partial charge in [-0.2, -0.15) is 9.98 Å². The molecule has 0 N–H and O–H groups in total. The molecule has 1 amide bonds. The number of aryl methyl sites for hydroxylation is 1. The first-order chi connectivity index (χ1) is 12.6. The number of ether oxygens (including phenoxy) is 3. The van der Waals surface area contributed by atoms with E-state index in [0.717, 1.165) is 16.9 Å². The third-order valence-electron chi connectivity index (χ3n) is 4.52. The number of hydrogen-bond acceptors (Lipinski definition) is 5. The summed E-state index contributed by atoms with van der Waals surface area (Å²) >= 11 is 0. The molecule has 132 valence electrons. The summed E-state index contributed by atoms with van der Waals surface area (Å²) in [4.78, 5) is 21.3. The minimum absolute atomic E-state index is 0.244. The van der Waals surface area contributed by atoms with Crippen molar-refractivity contribution in [1.82, 2.24) is 0 Å². The molecule has 1 unspecified atom stereocenters. The Morgan fingerprint density at radius 1 is 1.04 bits per heavy atom. The standard InChI is InChI=1S/C20H18N2O4/c1-11-4-6-15-13(8-11)9-14-19(23)21-18(22-20(14)26-15)12-5-7-16(24-2)17(10-12)25-3/h4-8,10,14H,9H2,1-3H3. The summed E-state index contributed by atoms with van der Waals surface area (Å²) in [6.07, 6.45) is 0.553. The average molecular weight is 350 g/mol. The maximum Gasteiger partial charge on any atom is 0.260 e. The Kier molecular flexibility index (Phi) is 3.95. The number of hydrogen-bond donors (Lipinski definition) is 0. The average Bonchev–Trinajstić information content (AvgIpc) is 2.66. The number of fused-ring (bicyclic) bond motifs is 2. The van der Waals surface area contributed by atoms with Gasteiger partial charge in [-0.3, -0.25) is 4.79 Å². The second-order valence-electron chi connectivity index (χ2n) is 6.26. The molecule has 2 aliphatic rings. The molecule has 2 aromatic rings. The van der Waals surface area contributed by atoms with Gasteiger partial charge >= 0.3 is 0 Å². The molecule has 4 rings (SSSR count). The Bertz CT molecular complexity index is 962. The number of aliphatic imine (C=N–C) groups is 2. The highest BCUT2D eigenvalue weighted by atomic mass is 16.5. The van der Waals surface area contributed by atoms with Crippen molar-refractivity contribution < 1.29 is 19.0 Å². The lowest BCUT2D eigenvalue weighted by Crippen LogP contribution is -2.37. The van der Waals surface area contributed by atoms with Crippen LogP contribution in [-0.4, -0.2) is 31.9 Å². The minimum atomic E-state index is -0.465. The van der Waals surface area contributed by atoms with Gasteiger partial charge in [-0.1, -0.05) is 17.7 Å². The van der Waals surface area contributed by atoms with Crippen molar-refractivity contribution in [3.05, 3.63) is 53.1 Å². The molecule has 0 aliphatic carbocycles. The highest BCUT2D eigenvalue weighted by molar-refractivity contribution is 6.19. The van der Waals surface area contributed by atoms with Crippen LogP contribution < -0.4 is 14.2 Å². The molecule has 0 saturated heterocycles. The molecule has 1 atom stereocenters. The van der Waals surface area contributed by atoms with Crippen LogP contribution in [0.5, 0.6) is 17.2 Å². The highest BCUT2D eigenvalue weighted by Crippen LogP contribution is 2.33. The zero-order valence-corrected chi connectivity index (χ0v) is 14.8. The monoisotopic (exact) mass is 350 g/mol. The molecular formula is C20H18N2O4. The van der Waals surface area contributed by atoms with E-state index in [-0.39, 0.29) is 5.91 Å². The normalized spacial score (nSPS) is 18.1. The maximum absolute atomic E-state index is 12.6. The maximum atomic E-state index is 12.6. The van der Waals surface area contributed by atoms with Gasteiger partial charge in [0.15, 0.2) is 17.3 Å². The third-order valence-corrected chi connectivity index (χ3v) is 4.52. The first kappa shape index (κ1) is 16.3. The van der Waals surface area contributed by atoms with Crippen LogP contribution in [0.1, 0.15) is 16.7 Å². The summed E-state index contributed by atoms with van der Waals surface area (Å²) < 4.78 is 16.5. The van der Waals surface area contributed by atoms with E-state index in [1.54, 1.807) is 32.4 Å². The summed E-state index contributed by atoms with van der Waals surface area (Å²) in [5, 5.41) is 0. The van der Waals surface area contributed by atoms with E-state index >= 15 is 0 Å². The molecule has 0 radical (unpaired) electrons. The van der Waals surface area contributed by atoms with Crippen molar-refractivity contribution in [1.29, 1.82) is 0 Å². The molecule has 6 heteroatoms. The zero-order chi connectivity index (χ0) is 18.3. The SMILES string of the molecule is COc1ccc(C2=NC(=O)C3Cc4cc(C)ccc4OC3=N2)cc1OC. The predicted octanol–water partition coefficient (Wildman–Crippen LogP) is 2.95. The molecule has 2 heterocycles. The van der Waals surface area contributed by atoms with Gasteiger partial charge in [0.1, 0.15) is 11.7 Å². The fraction of sp³-hybridized carbons (Fsp3) is 0.250. The number of carbonyl (C=O) groups excluding carboxylic acids is 1. The van der Waals surface area contributed by atoms with Crippen LogP contribution in [0.25, 0.3) is 0 Å². The second kappa shape index (κ2) is 6.29. The summed E-state index contributed by atoms with van der Waals surface area (Å²) in [7, 11) is 3.12. The lowest BCUT2D eigenvalue weighted by Gasteiger charge is -2.27. The number of methoxy groups -OCH3 is 2. The fourth-order valence-electron chi connectivity index (χ4n) is 3.17. The highest BCUT2D eigenvalue weighted by Gasteiger charge is 2.36. The van der Waals surface area contributed by atoms with E-state index in [4.69, 9.17) is 14.2 Å². The van der Waals surface area contributed by atoms with E-state index in [2.05, 4.69) is 9.98 Å². The minimum Gasteiger partial charge on any atom is -0.493 e. The lowest BCUT2D eigenvalue weighted by atomic mass is 9.93. The molecule has 0 aromatic heterocycles. The van der Waals surface area contributed by atoms with Crippen LogP contribution in [0.15, 0.2) is 46.4 Å². The molecule has 0 fully saturated rings. The Balaban J connectivity index is 1.71. The number of benzene rings is 2.